The second kappa shape index (κ2) is 7.54. The number of amides is 1. The number of anilines is 1. The van der Waals surface area contributed by atoms with Crippen LogP contribution in [-0.4, -0.2) is 54.6 Å². The zero-order chi connectivity index (χ0) is 20.5. The average molecular weight is 406 g/mol. The van der Waals surface area contributed by atoms with E-state index < -0.39 is 0 Å². The van der Waals surface area contributed by atoms with Crippen LogP contribution in [0.15, 0.2) is 55.1 Å². The third-order valence-electron chi connectivity index (χ3n) is 5.14. The number of carbonyl (C=O) groups excluding carboxylic acids is 1. The molecule has 0 bridgehead atoms. The fraction of sp³-hybridized carbons (Fsp3) is 0.250. The lowest BCUT2D eigenvalue weighted by Gasteiger charge is -2.17. The van der Waals surface area contributed by atoms with E-state index in [1.54, 1.807) is 40.1 Å². The Kier molecular flexibility index (Phi) is 4.58. The van der Waals surface area contributed by atoms with Crippen molar-refractivity contribution in [2.45, 2.75) is 19.0 Å². The number of aromatic nitrogens is 6. The number of fused-ring (bicyclic) bond motifs is 1. The summed E-state index contributed by atoms with van der Waals surface area (Å²) in [6.45, 7) is 1.62. The first kappa shape index (κ1) is 18.2. The van der Waals surface area contributed by atoms with Gasteiger partial charge in [-0.1, -0.05) is 12.1 Å². The summed E-state index contributed by atoms with van der Waals surface area (Å²) in [4.78, 5) is 14.6. The number of hydrogen-bond donors (Lipinski definition) is 1. The molecule has 1 aliphatic rings. The van der Waals surface area contributed by atoms with Gasteiger partial charge in [0.05, 0.1) is 6.20 Å². The molecule has 0 unspecified atom stereocenters. The van der Waals surface area contributed by atoms with Crippen LogP contribution in [0.2, 0.25) is 0 Å². The Bertz CT molecular complexity index is 1180. The molecule has 4 aromatic rings. The molecule has 0 spiro atoms. The molecule has 1 fully saturated rings. The number of nitrogens with zero attached hydrogens (tertiary/aromatic N) is 7. The van der Waals surface area contributed by atoms with Crippen LogP contribution in [0.25, 0.3) is 16.8 Å². The quantitative estimate of drug-likeness (QED) is 0.540. The smallest absolute Gasteiger partial charge is 0.242 e. The largest absolute Gasteiger partial charge is 0.353 e. The van der Waals surface area contributed by atoms with Crippen LogP contribution in [0.1, 0.15) is 6.42 Å². The summed E-state index contributed by atoms with van der Waals surface area (Å²) in [6, 6.07) is 10.0. The highest BCUT2D eigenvalue weighted by molar-refractivity contribution is 5.76. The number of benzene rings is 1. The molecule has 10 heteroatoms. The summed E-state index contributed by atoms with van der Waals surface area (Å²) in [7, 11) is 0. The first-order chi connectivity index (χ1) is 14.6. The standard InChI is InChI=1S/C20H19FN8O/c21-16-3-1-14(2-4-16)15-9-23-28(10-15)12-20(30)24-17-7-8-27(11-17)19-6-5-18-25-22-13-29(18)26-19/h1-6,9-10,13,17H,7-8,11-12H2,(H,24,30)/t17-/m0/s1. The maximum Gasteiger partial charge on any atom is 0.242 e. The molecule has 5 rings (SSSR count). The van der Waals surface area contributed by atoms with Gasteiger partial charge in [-0.15, -0.1) is 15.3 Å². The summed E-state index contributed by atoms with van der Waals surface area (Å²) in [5, 5.41) is 19.6. The Labute approximate surface area is 171 Å². The van der Waals surface area contributed by atoms with E-state index in [-0.39, 0.29) is 24.3 Å². The van der Waals surface area contributed by atoms with Crippen molar-refractivity contribution in [2.24, 2.45) is 0 Å². The first-order valence-electron chi connectivity index (χ1n) is 9.64. The monoisotopic (exact) mass is 406 g/mol. The Morgan fingerprint density at radius 1 is 1.17 bits per heavy atom. The van der Waals surface area contributed by atoms with Crippen molar-refractivity contribution in [3.05, 3.63) is 60.9 Å². The minimum absolute atomic E-state index is 0.0445. The second-order valence-corrected chi connectivity index (χ2v) is 7.26. The predicted molar refractivity (Wildman–Crippen MR) is 107 cm³/mol. The predicted octanol–water partition coefficient (Wildman–Crippen LogP) is 1.52. The van der Waals surface area contributed by atoms with Crippen molar-refractivity contribution >= 4 is 17.4 Å². The Morgan fingerprint density at radius 2 is 2.03 bits per heavy atom. The number of halogens is 1. The highest BCUT2D eigenvalue weighted by Crippen LogP contribution is 2.20. The number of hydrogen-bond acceptors (Lipinski definition) is 6. The zero-order valence-corrected chi connectivity index (χ0v) is 16.0. The van der Waals surface area contributed by atoms with Crippen LogP contribution in [0.5, 0.6) is 0 Å². The molecule has 9 nitrogen and oxygen atoms in total. The van der Waals surface area contributed by atoms with Crippen LogP contribution in [-0.2, 0) is 11.3 Å². The maximum absolute atomic E-state index is 13.1. The van der Waals surface area contributed by atoms with Gasteiger partial charge in [-0.2, -0.15) is 9.61 Å². The molecule has 4 heterocycles. The van der Waals surface area contributed by atoms with Crippen molar-refractivity contribution in [1.29, 1.82) is 0 Å². The van der Waals surface area contributed by atoms with E-state index in [0.29, 0.717) is 12.2 Å². The van der Waals surface area contributed by atoms with Gasteiger partial charge < -0.3 is 10.2 Å². The maximum atomic E-state index is 13.1. The van der Waals surface area contributed by atoms with Crippen LogP contribution >= 0.6 is 0 Å². The van der Waals surface area contributed by atoms with Gasteiger partial charge in [0.1, 0.15) is 24.5 Å². The zero-order valence-electron chi connectivity index (χ0n) is 16.0. The van der Waals surface area contributed by atoms with E-state index >= 15 is 0 Å². The molecule has 1 aromatic carbocycles. The topological polar surface area (TPSA) is 93.2 Å². The summed E-state index contributed by atoms with van der Waals surface area (Å²) in [6.07, 6.45) is 5.86. The third kappa shape index (κ3) is 3.71. The lowest BCUT2D eigenvalue weighted by molar-refractivity contribution is -0.122. The highest BCUT2D eigenvalue weighted by Gasteiger charge is 2.25. The molecule has 0 radical (unpaired) electrons. The Balaban J connectivity index is 1.18. The van der Waals surface area contributed by atoms with E-state index in [4.69, 9.17) is 0 Å². The van der Waals surface area contributed by atoms with E-state index in [1.807, 2.05) is 12.1 Å². The summed E-state index contributed by atoms with van der Waals surface area (Å²) >= 11 is 0. The molecule has 1 atom stereocenters. The van der Waals surface area contributed by atoms with Crippen molar-refractivity contribution in [1.82, 2.24) is 34.9 Å². The molecule has 152 valence electrons. The fourth-order valence-corrected chi connectivity index (χ4v) is 3.64. The van der Waals surface area contributed by atoms with Gasteiger partial charge in [0, 0.05) is 30.9 Å². The van der Waals surface area contributed by atoms with Crippen molar-refractivity contribution in [3.8, 4) is 11.1 Å². The van der Waals surface area contributed by atoms with Crippen LogP contribution in [0, 0.1) is 5.82 Å². The molecule has 1 N–H and O–H groups in total. The van der Waals surface area contributed by atoms with E-state index in [1.165, 1.54) is 12.1 Å². The lowest BCUT2D eigenvalue weighted by Crippen LogP contribution is -2.39. The number of carbonyl (C=O) groups is 1. The molecular weight excluding hydrogens is 387 g/mol. The molecule has 1 amide bonds. The van der Waals surface area contributed by atoms with Crippen LogP contribution in [0.3, 0.4) is 0 Å². The van der Waals surface area contributed by atoms with Gasteiger partial charge in [0.25, 0.3) is 0 Å². The van der Waals surface area contributed by atoms with E-state index in [2.05, 4.69) is 30.6 Å². The SMILES string of the molecule is O=C(Cn1cc(-c2ccc(F)cc2)cn1)N[C@H]1CCN(c2ccc3nncn3n2)C1. The molecular formula is C20H19FN8O. The molecule has 1 aliphatic heterocycles. The molecule has 0 saturated carbocycles. The average Bonchev–Trinajstić information content (AvgIpc) is 3.48. The van der Waals surface area contributed by atoms with Gasteiger partial charge in [-0.3, -0.25) is 9.48 Å². The van der Waals surface area contributed by atoms with Gasteiger partial charge in [0.2, 0.25) is 5.91 Å². The number of nitrogens with one attached hydrogen (secondary N) is 1. The Morgan fingerprint density at radius 3 is 2.90 bits per heavy atom. The van der Waals surface area contributed by atoms with Gasteiger partial charge in [-0.25, -0.2) is 4.39 Å². The minimum atomic E-state index is -0.284. The molecule has 0 aliphatic carbocycles. The van der Waals surface area contributed by atoms with Gasteiger partial charge in [0.15, 0.2) is 5.65 Å². The fourth-order valence-electron chi connectivity index (χ4n) is 3.64. The lowest BCUT2D eigenvalue weighted by atomic mass is 10.1. The highest BCUT2D eigenvalue weighted by atomic mass is 19.1. The third-order valence-corrected chi connectivity index (χ3v) is 5.14. The van der Waals surface area contributed by atoms with Crippen molar-refractivity contribution < 1.29 is 9.18 Å². The van der Waals surface area contributed by atoms with Crippen LogP contribution < -0.4 is 10.2 Å². The summed E-state index contributed by atoms with van der Waals surface area (Å²) in [5.74, 6) is 0.445. The van der Waals surface area contributed by atoms with Gasteiger partial charge in [-0.05, 0) is 36.2 Å². The summed E-state index contributed by atoms with van der Waals surface area (Å²) < 4.78 is 16.3. The van der Waals surface area contributed by atoms with Crippen molar-refractivity contribution in [2.75, 3.05) is 18.0 Å². The Hall–Kier alpha value is -3.82. The normalized spacial score (nSPS) is 16.3. The van der Waals surface area contributed by atoms with Gasteiger partial charge >= 0.3 is 0 Å². The first-order valence-corrected chi connectivity index (χ1v) is 9.64. The van der Waals surface area contributed by atoms with Crippen molar-refractivity contribution in [3.63, 3.8) is 0 Å². The molecule has 30 heavy (non-hydrogen) atoms. The molecule has 1 saturated heterocycles. The molecule has 3 aromatic heterocycles. The van der Waals surface area contributed by atoms with E-state index in [9.17, 15) is 9.18 Å². The summed E-state index contributed by atoms with van der Waals surface area (Å²) in [5.41, 5.74) is 2.39. The minimum Gasteiger partial charge on any atom is -0.353 e. The van der Waals surface area contributed by atoms with E-state index in [0.717, 1.165) is 29.9 Å². The second-order valence-electron chi connectivity index (χ2n) is 7.26. The van der Waals surface area contributed by atoms with Crippen LogP contribution in [0.4, 0.5) is 10.2 Å². The number of rotatable bonds is 5.